The van der Waals surface area contributed by atoms with Crippen molar-refractivity contribution in [3.63, 3.8) is 0 Å². The van der Waals surface area contributed by atoms with Crippen molar-refractivity contribution in [1.82, 2.24) is 15.4 Å². The second-order valence-electron chi connectivity index (χ2n) is 7.68. The van der Waals surface area contributed by atoms with Crippen molar-refractivity contribution in [2.75, 3.05) is 18.5 Å². The normalized spacial score (nSPS) is 11.5. The Bertz CT molecular complexity index is 1010. The van der Waals surface area contributed by atoms with Gasteiger partial charge in [0.05, 0.1) is 0 Å². The summed E-state index contributed by atoms with van der Waals surface area (Å²) in [6.45, 7) is 7.95. The van der Waals surface area contributed by atoms with E-state index in [9.17, 15) is 0 Å². The maximum Gasteiger partial charge on any atom is 0.226 e. The Labute approximate surface area is 185 Å². The Morgan fingerprint density at radius 2 is 1.71 bits per heavy atom. The highest BCUT2D eigenvalue weighted by atomic mass is 15.3. The monoisotopic (exact) mass is 416 g/mol. The van der Waals surface area contributed by atoms with Crippen molar-refractivity contribution in [2.45, 2.75) is 40.2 Å². The summed E-state index contributed by atoms with van der Waals surface area (Å²) < 4.78 is 0. The van der Waals surface area contributed by atoms with Gasteiger partial charge in [-0.05, 0) is 43.0 Å². The van der Waals surface area contributed by atoms with Crippen LogP contribution >= 0.6 is 0 Å². The van der Waals surface area contributed by atoms with Crippen LogP contribution in [-0.4, -0.2) is 29.4 Å². The molecule has 0 aliphatic rings. The number of amidine groups is 1. The molecule has 31 heavy (non-hydrogen) atoms. The summed E-state index contributed by atoms with van der Waals surface area (Å²) in [4.78, 5) is 15.9. The van der Waals surface area contributed by atoms with Crippen LogP contribution in [0.3, 0.4) is 0 Å². The Balaban J connectivity index is 1.87. The summed E-state index contributed by atoms with van der Waals surface area (Å²) in [5.74, 6) is 7.13. The fraction of sp³-hybridized carbons (Fsp3) is 0.320. The fourth-order valence-electron chi connectivity index (χ4n) is 3.66. The topological polar surface area (TPSA) is 79.4 Å². The van der Waals surface area contributed by atoms with Gasteiger partial charge in [-0.15, -0.1) is 0 Å². The molecule has 0 aliphatic carbocycles. The van der Waals surface area contributed by atoms with E-state index in [2.05, 4.69) is 62.5 Å². The summed E-state index contributed by atoms with van der Waals surface area (Å²) in [6.07, 6.45) is 2.24. The van der Waals surface area contributed by atoms with Crippen molar-refractivity contribution in [3.05, 3.63) is 77.1 Å². The van der Waals surface area contributed by atoms with Gasteiger partial charge in [-0.2, -0.15) is 0 Å². The highest BCUT2D eigenvalue weighted by Crippen LogP contribution is 2.25. The number of hydrogen-bond donors (Lipinski definition) is 2. The number of nitrogens with one attached hydrogen (secondary N) is 1. The molecule has 6 heteroatoms. The summed E-state index contributed by atoms with van der Waals surface area (Å²) in [5.41, 5.74) is 9.11. The van der Waals surface area contributed by atoms with E-state index in [0.717, 1.165) is 60.0 Å². The van der Waals surface area contributed by atoms with Crippen LogP contribution in [0.2, 0.25) is 0 Å². The Morgan fingerprint density at radius 1 is 1.03 bits per heavy atom. The third-order valence-corrected chi connectivity index (χ3v) is 5.22. The smallest absolute Gasteiger partial charge is 0.226 e. The minimum absolute atomic E-state index is 0.664. The molecule has 0 saturated carbocycles. The lowest BCUT2D eigenvalue weighted by Gasteiger charge is -2.23. The lowest BCUT2D eigenvalue weighted by atomic mass is 9.98. The molecule has 0 aliphatic heterocycles. The Hall–Kier alpha value is -3.25. The van der Waals surface area contributed by atoms with E-state index in [1.165, 1.54) is 5.56 Å². The van der Waals surface area contributed by atoms with Crippen molar-refractivity contribution >= 4 is 11.8 Å². The SMILES string of the molecule is CCCCN(Cc1ccc(-c2ccccc2/C(=N/C)NN)cc1)c1nc(C)cc(C)n1. The van der Waals surface area contributed by atoms with Gasteiger partial charge in [-0.3, -0.25) is 4.99 Å². The van der Waals surface area contributed by atoms with Gasteiger partial charge >= 0.3 is 0 Å². The maximum atomic E-state index is 5.66. The summed E-state index contributed by atoms with van der Waals surface area (Å²) in [6, 6.07) is 18.8. The first-order valence-corrected chi connectivity index (χ1v) is 10.7. The molecule has 0 amide bonds. The van der Waals surface area contributed by atoms with E-state index < -0.39 is 0 Å². The molecule has 0 radical (unpaired) electrons. The number of aryl methyl sites for hydroxylation is 2. The third kappa shape index (κ3) is 5.67. The number of aliphatic imine (C=N–C) groups is 1. The predicted octanol–water partition coefficient (Wildman–Crippen LogP) is 4.41. The number of rotatable bonds is 8. The molecule has 6 nitrogen and oxygen atoms in total. The van der Waals surface area contributed by atoms with Crippen LogP contribution < -0.4 is 16.2 Å². The highest BCUT2D eigenvalue weighted by Gasteiger charge is 2.13. The van der Waals surface area contributed by atoms with E-state index in [0.29, 0.717) is 5.84 Å². The Kier molecular flexibility index (Phi) is 7.73. The molecule has 0 bridgehead atoms. The summed E-state index contributed by atoms with van der Waals surface area (Å²) >= 11 is 0. The number of hydrazine groups is 1. The van der Waals surface area contributed by atoms with Crippen molar-refractivity contribution in [1.29, 1.82) is 0 Å². The zero-order chi connectivity index (χ0) is 22.2. The van der Waals surface area contributed by atoms with Crippen LogP contribution in [0.4, 0.5) is 5.95 Å². The number of hydrogen-bond acceptors (Lipinski definition) is 5. The molecule has 1 heterocycles. The molecule has 2 aromatic carbocycles. The van der Waals surface area contributed by atoms with Crippen LogP contribution in [-0.2, 0) is 6.54 Å². The van der Waals surface area contributed by atoms with Gasteiger partial charge in [0.1, 0.15) is 5.84 Å². The van der Waals surface area contributed by atoms with Crippen LogP contribution in [0.1, 0.15) is 42.3 Å². The van der Waals surface area contributed by atoms with Crippen LogP contribution in [0.25, 0.3) is 11.1 Å². The number of anilines is 1. The van der Waals surface area contributed by atoms with Crippen LogP contribution in [0.5, 0.6) is 0 Å². The standard InChI is InChI=1S/C25H32N6/c1-5-6-15-31(25-28-18(2)16-19(3)29-25)17-20-11-13-21(14-12-20)22-9-7-8-10-23(22)24(27-4)30-26/h7-14,16H,5-6,15,17,26H2,1-4H3,(H,27,30). The second kappa shape index (κ2) is 10.7. The van der Waals surface area contributed by atoms with E-state index in [-0.39, 0.29) is 0 Å². The summed E-state index contributed by atoms with van der Waals surface area (Å²) in [5, 5.41) is 0. The molecule has 3 N–H and O–H groups in total. The maximum absolute atomic E-state index is 5.66. The average Bonchev–Trinajstić information content (AvgIpc) is 2.77. The van der Waals surface area contributed by atoms with Gasteiger partial charge in [0.25, 0.3) is 0 Å². The van der Waals surface area contributed by atoms with Gasteiger partial charge in [0, 0.05) is 37.1 Å². The molecular weight excluding hydrogens is 384 g/mol. The molecular formula is C25H32N6. The highest BCUT2D eigenvalue weighted by molar-refractivity contribution is 6.04. The van der Waals surface area contributed by atoms with Gasteiger partial charge in [0.15, 0.2) is 0 Å². The van der Waals surface area contributed by atoms with E-state index in [4.69, 9.17) is 5.84 Å². The van der Waals surface area contributed by atoms with Crippen molar-refractivity contribution in [3.8, 4) is 11.1 Å². The van der Waals surface area contributed by atoms with Crippen molar-refractivity contribution in [2.24, 2.45) is 10.8 Å². The van der Waals surface area contributed by atoms with Crippen LogP contribution in [0, 0.1) is 13.8 Å². The summed E-state index contributed by atoms with van der Waals surface area (Å²) in [7, 11) is 1.73. The molecule has 3 rings (SSSR count). The first kappa shape index (κ1) is 22.4. The van der Waals surface area contributed by atoms with E-state index >= 15 is 0 Å². The zero-order valence-electron chi connectivity index (χ0n) is 18.9. The van der Waals surface area contributed by atoms with Gasteiger partial charge in [0.2, 0.25) is 5.95 Å². The minimum atomic E-state index is 0.664. The first-order chi connectivity index (χ1) is 15.0. The lowest BCUT2D eigenvalue weighted by molar-refractivity contribution is 0.694. The molecule has 0 atom stereocenters. The van der Waals surface area contributed by atoms with Gasteiger partial charge < -0.3 is 10.3 Å². The number of aromatic nitrogens is 2. The van der Waals surface area contributed by atoms with Crippen LogP contribution in [0.15, 0.2) is 59.6 Å². The first-order valence-electron chi connectivity index (χ1n) is 10.7. The molecule has 0 unspecified atom stereocenters. The molecule has 0 spiro atoms. The fourth-order valence-corrected chi connectivity index (χ4v) is 3.66. The third-order valence-electron chi connectivity index (χ3n) is 5.22. The number of nitrogens with two attached hydrogens (primary N) is 1. The van der Waals surface area contributed by atoms with E-state index in [1.807, 2.05) is 38.1 Å². The molecule has 1 aromatic heterocycles. The number of benzene rings is 2. The van der Waals surface area contributed by atoms with Gasteiger partial charge in [-0.1, -0.05) is 61.9 Å². The Morgan fingerprint density at radius 3 is 2.32 bits per heavy atom. The molecule has 0 saturated heterocycles. The largest absolute Gasteiger partial charge is 0.336 e. The predicted molar refractivity (Wildman–Crippen MR) is 129 cm³/mol. The number of nitrogens with zero attached hydrogens (tertiary/aromatic N) is 4. The molecule has 0 fully saturated rings. The average molecular weight is 417 g/mol. The second-order valence-corrected chi connectivity index (χ2v) is 7.68. The number of unbranched alkanes of at least 4 members (excludes halogenated alkanes) is 1. The zero-order valence-corrected chi connectivity index (χ0v) is 18.9. The molecule has 3 aromatic rings. The van der Waals surface area contributed by atoms with Gasteiger partial charge in [-0.25, -0.2) is 15.8 Å². The molecule has 162 valence electrons. The van der Waals surface area contributed by atoms with E-state index in [1.54, 1.807) is 7.05 Å². The van der Waals surface area contributed by atoms with Crippen molar-refractivity contribution < 1.29 is 0 Å². The minimum Gasteiger partial charge on any atom is -0.336 e. The lowest BCUT2D eigenvalue weighted by Crippen LogP contribution is -2.31. The quantitative estimate of drug-likeness (QED) is 0.246.